The Kier molecular flexibility index (Phi) is 6.14. The molecule has 0 aliphatic rings. The molecule has 0 fully saturated rings. The first kappa shape index (κ1) is 25.0. The fourth-order valence-corrected chi connectivity index (χ4v) is 4.59. The van der Waals surface area contributed by atoms with E-state index in [1.807, 2.05) is 0 Å². The summed E-state index contributed by atoms with van der Waals surface area (Å²) in [5, 5.41) is 15.3. The molecule has 5 aromatic rings. The van der Waals surface area contributed by atoms with Crippen LogP contribution in [-0.2, 0) is 17.9 Å². The van der Waals surface area contributed by atoms with E-state index in [1.54, 1.807) is 31.2 Å². The summed E-state index contributed by atoms with van der Waals surface area (Å²) in [7, 11) is 0. The van der Waals surface area contributed by atoms with E-state index >= 15 is 0 Å². The molecule has 2 aromatic heterocycles. The van der Waals surface area contributed by atoms with E-state index in [2.05, 4.69) is 9.84 Å². The molecule has 0 unspecified atom stereocenters. The van der Waals surface area contributed by atoms with Gasteiger partial charge in [0.25, 0.3) is 5.56 Å². The van der Waals surface area contributed by atoms with E-state index in [9.17, 15) is 32.3 Å². The number of carbonyl (C=O) groups is 1. The van der Waals surface area contributed by atoms with Crippen molar-refractivity contribution in [2.45, 2.75) is 26.4 Å². The Labute approximate surface area is 212 Å². The molecule has 0 spiro atoms. The zero-order valence-corrected chi connectivity index (χ0v) is 19.8. The number of fused-ring (bicyclic) bond motifs is 2. The van der Waals surface area contributed by atoms with Crippen molar-refractivity contribution in [2.24, 2.45) is 0 Å². The maximum atomic E-state index is 14.3. The Morgan fingerprint density at radius 2 is 1.68 bits per heavy atom. The van der Waals surface area contributed by atoms with Crippen molar-refractivity contribution in [3.8, 4) is 17.0 Å². The number of halogens is 4. The van der Waals surface area contributed by atoms with Gasteiger partial charge in [0.05, 0.1) is 11.9 Å². The van der Waals surface area contributed by atoms with Gasteiger partial charge in [-0.3, -0.25) is 9.59 Å². The second-order valence-electron chi connectivity index (χ2n) is 8.65. The van der Waals surface area contributed by atoms with Gasteiger partial charge in [-0.25, -0.2) is 9.07 Å². The lowest BCUT2D eigenvalue weighted by molar-refractivity contribution is -0.274. The summed E-state index contributed by atoms with van der Waals surface area (Å²) in [4.78, 5) is 24.9. The first-order chi connectivity index (χ1) is 18.0. The van der Waals surface area contributed by atoms with Gasteiger partial charge in [-0.1, -0.05) is 30.3 Å². The van der Waals surface area contributed by atoms with Crippen molar-refractivity contribution in [1.29, 1.82) is 0 Å². The number of aromatic nitrogens is 3. The van der Waals surface area contributed by atoms with Gasteiger partial charge >= 0.3 is 12.3 Å². The van der Waals surface area contributed by atoms with Crippen molar-refractivity contribution in [2.75, 3.05) is 0 Å². The monoisotopic (exact) mass is 525 g/mol. The van der Waals surface area contributed by atoms with E-state index < -0.39 is 29.5 Å². The molecule has 0 aliphatic heterocycles. The minimum atomic E-state index is -4.83. The van der Waals surface area contributed by atoms with Gasteiger partial charge < -0.3 is 14.4 Å². The minimum absolute atomic E-state index is 0.0653. The van der Waals surface area contributed by atoms with Gasteiger partial charge in [0, 0.05) is 27.5 Å². The predicted octanol–water partition coefficient (Wildman–Crippen LogP) is 5.50. The van der Waals surface area contributed by atoms with Crippen molar-refractivity contribution in [3.63, 3.8) is 0 Å². The zero-order chi connectivity index (χ0) is 27.2. The van der Waals surface area contributed by atoms with Crippen LogP contribution in [0.5, 0.6) is 5.75 Å². The topological polar surface area (TPSA) is 86.4 Å². The molecule has 0 radical (unpaired) electrons. The molecule has 194 valence electrons. The fourth-order valence-electron chi connectivity index (χ4n) is 4.59. The Balaban J connectivity index is 1.69. The van der Waals surface area contributed by atoms with Crippen LogP contribution in [0.4, 0.5) is 17.6 Å². The van der Waals surface area contributed by atoms with Crippen molar-refractivity contribution in [1.82, 2.24) is 14.3 Å². The van der Waals surface area contributed by atoms with Crippen molar-refractivity contribution in [3.05, 3.63) is 94.2 Å². The Morgan fingerprint density at radius 1 is 1.00 bits per heavy atom. The van der Waals surface area contributed by atoms with E-state index in [0.717, 1.165) is 12.1 Å². The SMILES string of the molecule is Cc1c(-c2nn(Cc3ccc(OC(F)(F)F)cc3)c(=O)c3ccccc23)c2cc(F)ccc2n1CC(=O)O. The highest BCUT2D eigenvalue weighted by molar-refractivity contribution is 6.05. The summed E-state index contributed by atoms with van der Waals surface area (Å²) >= 11 is 0. The number of alkyl halides is 3. The molecular formula is C27H19F4N3O4. The van der Waals surface area contributed by atoms with Gasteiger partial charge in [0.2, 0.25) is 0 Å². The molecule has 5 rings (SSSR count). The average Bonchev–Trinajstić information content (AvgIpc) is 3.11. The fraction of sp³-hybridized carbons (Fsp3) is 0.148. The number of aliphatic carboxylic acids is 1. The number of ether oxygens (including phenoxy) is 1. The summed E-state index contributed by atoms with van der Waals surface area (Å²) in [6.45, 7) is 1.27. The zero-order valence-electron chi connectivity index (χ0n) is 19.8. The Bertz CT molecular complexity index is 1760. The van der Waals surface area contributed by atoms with Gasteiger partial charge in [-0.2, -0.15) is 5.10 Å². The predicted molar refractivity (Wildman–Crippen MR) is 131 cm³/mol. The lowest BCUT2D eigenvalue weighted by Crippen LogP contribution is -2.24. The molecule has 0 atom stereocenters. The van der Waals surface area contributed by atoms with E-state index in [0.29, 0.717) is 44.2 Å². The molecule has 0 saturated carbocycles. The van der Waals surface area contributed by atoms with Gasteiger partial charge in [0.15, 0.2) is 0 Å². The summed E-state index contributed by atoms with van der Waals surface area (Å²) in [5.41, 5.74) is 1.88. The van der Waals surface area contributed by atoms with Crippen LogP contribution in [0.15, 0.2) is 71.5 Å². The first-order valence-corrected chi connectivity index (χ1v) is 11.4. The van der Waals surface area contributed by atoms with Crippen LogP contribution >= 0.6 is 0 Å². The second kappa shape index (κ2) is 9.33. The molecule has 38 heavy (non-hydrogen) atoms. The molecule has 0 aliphatic carbocycles. The van der Waals surface area contributed by atoms with E-state index in [1.165, 1.54) is 39.6 Å². The van der Waals surface area contributed by atoms with Crippen LogP contribution in [0.3, 0.4) is 0 Å². The Morgan fingerprint density at radius 3 is 2.34 bits per heavy atom. The minimum Gasteiger partial charge on any atom is -0.480 e. The highest BCUT2D eigenvalue weighted by Gasteiger charge is 2.31. The van der Waals surface area contributed by atoms with Crippen LogP contribution in [-0.4, -0.2) is 31.8 Å². The van der Waals surface area contributed by atoms with Crippen LogP contribution in [0.25, 0.3) is 32.9 Å². The van der Waals surface area contributed by atoms with Crippen LogP contribution in [0.2, 0.25) is 0 Å². The molecular weight excluding hydrogens is 506 g/mol. The molecule has 0 bridgehead atoms. The Hall–Kier alpha value is -4.67. The number of hydrogen-bond acceptors (Lipinski definition) is 4. The lowest BCUT2D eigenvalue weighted by atomic mass is 10.0. The van der Waals surface area contributed by atoms with Crippen LogP contribution in [0.1, 0.15) is 11.3 Å². The molecule has 11 heteroatoms. The summed E-state index contributed by atoms with van der Waals surface area (Å²) in [6.07, 6.45) is -4.83. The second-order valence-corrected chi connectivity index (χ2v) is 8.65. The van der Waals surface area contributed by atoms with Crippen molar-refractivity contribution >= 4 is 27.6 Å². The average molecular weight is 525 g/mol. The standard InChI is InChI=1S/C27H19F4N3O4/c1-15-24(21-12-17(28)8-11-22(21)33(15)14-23(35)36)25-19-4-2-3-5-20(19)26(37)34(32-25)13-16-6-9-18(10-7-16)38-27(29,30)31/h2-12H,13-14H2,1H3,(H,35,36). The van der Waals surface area contributed by atoms with E-state index in [4.69, 9.17) is 0 Å². The van der Waals surface area contributed by atoms with Crippen LogP contribution in [0, 0.1) is 12.7 Å². The number of carboxylic acids is 1. The van der Waals surface area contributed by atoms with Crippen molar-refractivity contribution < 1.29 is 32.2 Å². The summed E-state index contributed by atoms with van der Waals surface area (Å²) < 4.78 is 58.5. The molecule has 3 aromatic carbocycles. The van der Waals surface area contributed by atoms with Gasteiger partial charge in [-0.15, -0.1) is 13.2 Å². The highest BCUT2D eigenvalue weighted by Crippen LogP contribution is 2.37. The lowest BCUT2D eigenvalue weighted by Gasteiger charge is -2.13. The normalized spacial score (nSPS) is 11.8. The maximum Gasteiger partial charge on any atom is 0.573 e. The maximum absolute atomic E-state index is 14.3. The summed E-state index contributed by atoms with van der Waals surface area (Å²) in [5.74, 6) is -2.00. The van der Waals surface area contributed by atoms with Crippen LogP contribution < -0.4 is 10.3 Å². The quantitative estimate of drug-likeness (QED) is 0.296. The number of rotatable bonds is 6. The molecule has 0 saturated heterocycles. The van der Waals surface area contributed by atoms with E-state index in [-0.39, 0.29) is 13.1 Å². The third-order valence-corrected chi connectivity index (χ3v) is 6.17. The molecule has 1 N–H and O–H groups in total. The largest absolute Gasteiger partial charge is 0.573 e. The first-order valence-electron chi connectivity index (χ1n) is 11.4. The molecule has 0 amide bonds. The third kappa shape index (κ3) is 4.70. The summed E-state index contributed by atoms with van der Waals surface area (Å²) in [6, 6.07) is 15.8. The number of hydrogen-bond donors (Lipinski definition) is 1. The number of benzene rings is 3. The number of carboxylic acid groups (broad SMARTS) is 1. The van der Waals surface area contributed by atoms with Gasteiger partial charge in [0.1, 0.15) is 23.8 Å². The van der Waals surface area contributed by atoms with Gasteiger partial charge in [-0.05, 0) is 48.9 Å². The highest BCUT2D eigenvalue weighted by atomic mass is 19.4. The number of nitrogens with zero attached hydrogens (tertiary/aromatic N) is 3. The smallest absolute Gasteiger partial charge is 0.480 e. The molecule has 7 nitrogen and oxygen atoms in total. The molecule has 2 heterocycles. The third-order valence-electron chi connectivity index (χ3n) is 6.17.